The molecular formula is C21H43NO. The van der Waals surface area contributed by atoms with Crippen molar-refractivity contribution in [2.45, 2.75) is 116 Å². The molecule has 0 heterocycles. The van der Waals surface area contributed by atoms with E-state index in [2.05, 4.69) is 32.7 Å². The molecule has 0 radical (unpaired) electrons. The monoisotopic (exact) mass is 325 g/mol. The van der Waals surface area contributed by atoms with Gasteiger partial charge in [0.25, 0.3) is 0 Å². The van der Waals surface area contributed by atoms with Crippen LogP contribution in [0.3, 0.4) is 0 Å². The number of unbranched alkanes of at least 4 members (excludes halogenated alkanes) is 6. The molecule has 0 aromatic rings. The van der Waals surface area contributed by atoms with Gasteiger partial charge in [-0.25, -0.2) is 0 Å². The zero-order chi connectivity index (χ0) is 17.4. The zero-order valence-corrected chi connectivity index (χ0v) is 16.2. The predicted molar refractivity (Wildman–Crippen MR) is 104 cm³/mol. The van der Waals surface area contributed by atoms with Crippen molar-refractivity contribution in [3.63, 3.8) is 0 Å². The summed E-state index contributed by atoms with van der Waals surface area (Å²) < 4.78 is 0. The van der Waals surface area contributed by atoms with Gasteiger partial charge in [0.05, 0.1) is 0 Å². The second-order valence-electron chi connectivity index (χ2n) is 7.14. The Balaban J connectivity index is 4.56. The van der Waals surface area contributed by atoms with Gasteiger partial charge in [-0.1, -0.05) is 78.2 Å². The lowest BCUT2D eigenvalue weighted by Gasteiger charge is -2.37. The van der Waals surface area contributed by atoms with Crippen molar-refractivity contribution in [3.8, 4) is 0 Å². The standard InChI is InChI=1S/C21H43NO/c1-5-9-11-12-14-16-20(15-13-10-6-2)22-21(8-4,17-7-3)18-19-23/h7,20,22-23H,3,5-6,8-19H2,1-2,4H3. The lowest BCUT2D eigenvalue weighted by molar-refractivity contribution is 0.182. The molecule has 0 spiro atoms. The van der Waals surface area contributed by atoms with Gasteiger partial charge in [-0.15, -0.1) is 6.58 Å². The van der Waals surface area contributed by atoms with Gasteiger partial charge in [0.2, 0.25) is 0 Å². The molecule has 0 aromatic heterocycles. The molecule has 0 fully saturated rings. The first-order valence-electron chi connectivity index (χ1n) is 10.2. The molecule has 0 saturated heterocycles. The molecule has 2 N–H and O–H groups in total. The van der Waals surface area contributed by atoms with E-state index in [9.17, 15) is 5.11 Å². The summed E-state index contributed by atoms with van der Waals surface area (Å²) in [6.45, 7) is 11.0. The first kappa shape index (κ1) is 22.7. The lowest BCUT2D eigenvalue weighted by Crippen LogP contribution is -2.50. The fraction of sp³-hybridized carbons (Fsp3) is 0.905. The Morgan fingerprint density at radius 3 is 2.04 bits per heavy atom. The molecule has 0 bridgehead atoms. The predicted octanol–water partition coefficient (Wildman–Crippen LogP) is 5.99. The van der Waals surface area contributed by atoms with Crippen molar-refractivity contribution < 1.29 is 5.11 Å². The molecule has 23 heavy (non-hydrogen) atoms. The number of hydrogen-bond donors (Lipinski definition) is 2. The van der Waals surface area contributed by atoms with E-state index in [4.69, 9.17) is 0 Å². The van der Waals surface area contributed by atoms with E-state index in [1.807, 2.05) is 6.08 Å². The van der Waals surface area contributed by atoms with Crippen LogP contribution >= 0.6 is 0 Å². The van der Waals surface area contributed by atoms with Crippen LogP contribution in [0.25, 0.3) is 0 Å². The maximum absolute atomic E-state index is 9.49. The van der Waals surface area contributed by atoms with Gasteiger partial charge in [-0.2, -0.15) is 0 Å². The summed E-state index contributed by atoms with van der Waals surface area (Å²) in [6, 6.07) is 0.592. The smallest absolute Gasteiger partial charge is 0.0448 e. The molecule has 0 rings (SSSR count). The molecule has 0 saturated carbocycles. The molecular weight excluding hydrogens is 282 g/mol. The topological polar surface area (TPSA) is 32.3 Å². The van der Waals surface area contributed by atoms with Crippen LogP contribution < -0.4 is 5.32 Å². The SMILES string of the molecule is C=CCC(CC)(CCO)NC(CCCCC)CCCCCCC. The minimum atomic E-state index is 0.0385. The Morgan fingerprint density at radius 1 is 0.957 bits per heavy atom. The van der Waals surface area contributed by atoms with Gasteiger partial charge in [0.1, 0.15) is 0 Å². The maximum Gasteiger partial charge on any atom is 0.0448 e. The first-order valence-corrected chi connectivity index (χ1v) is 10.2. The Hall–Kier alpha value is -0.340. The molecule has 0 aromatic carbocycles. The molecule has 0 aliphatic carbocycles. The molecule has 138 valence electrons. The van der Waals surface area contributed by atoms with Gasteiger partial charge >= 0.3 is 0 Å². The Morgan fingerprint density at radius 2 is 1.52 bits per heavy atom. The number of aliphatic hydroxyl groups is 1. The normalized spacial score (nSPS) is 15.3. The van der Waals surface area contributed by atoms with Crippen LogP contribution in [0.4, 0.5) is 0 Å². The highest BCUT2D eigenvalue weighted by molar-refractivity contribution is 4.95. The van der Waals surface area contributed by atoms with Crippen molar-refractivity contribution in [2.24, 2.45) is 0 Å². The highest BCUT2D eigenvalue weighted by atomic mass is 16.3. The Kier molecular flexibility index (Phi) is 15.0. The van der Waals surface area contributed by atoms with E-state index in [0.717, 1.165) is 19.3 Å². The van der Waals surface area contributed by atoms with Crippen LogP contribution in [0.2, 0.25) is 0 Å². The van der Waals surface area contributed by atoms with Gasteiger partial charge in [-0.05, 0) is 32.1 Å². The van der Waals surface area contributed by atoms with Crippen LogP contribution in [0.5, 0.6) is 0 Å². The largest absolute Gasteiger partial charge is 0.396 e. The molecule has 0 aliphatic heterocycles. The second-order valence-corrected chi connectivity index (χ2v) is 7.14. The summed E-state index contributed by atoms with van der Waals surface area (Å²) in [4.78, 5) is 0. The third kappa shape index (κ3) is 10.9. The lowest BCUT2D eigenvalue weighted by atomic mass is 9.86. The van der Waals surface area contributed by atoms with Crippen molar-refractivity contribution in [2.75, 3.05) is 6.61 Å². The number of nitrogens with one attached hydrogen (secondary N) is 1. The number of rotatable bonds is 17. The van der Waals surface area contributed by atoms with E-state index in [0.29, 0.717) is 6.04 Å². The summed E-state index contributed by atoms with van der Waals surface area (Å²) in [5, 5.41) is 13.4. The summed E-state index contributed by atoms with van der Waals surface area (Å²) in [6.07, 6.45) is 18.1. The van der Waals surface area contributed by atoms with Gasteiger partial charge < -0.3 is 10.4 Å². The average Bonchev–Trinajstić information content (AvgIpc) is 2.55. The number of hydrogen-bond acceptors (Lipinski definition) is 2. The Labute approximate surface area is 146 Å². The average molecular weight is 326 g/mol. The summed E-state index contributed by atoms with van der Waals surface area (Å²) >= 11 is 0. The van der Waals surface area contributed by atoms with Gasteiger partial charge in [0.15, 0.2) is 0 Å². The second kappa shape index (κ2) is 15.2. The van der Waals surface area contributed by atoms with Crippen molar-refractivity contribution >= 4 is 0 Å². The van der Waals surface area contributed by atoms with Crippen LogP contribution in [-0.4, -0.2) is 23.3 Å². The minimum Gasteiger partial charge on any atom is -0.396 e. The summed E-state index contributed by atoms with van der Waals surface area (Å²) in [5.41, 5.74) is 0.0385. The molecule has 2 nitrogen and oxygen atoms in total. The maximum atomic E-state index is 9.49. The van der Waals surface area contributed by atoms with Crippen LogP contribution in [-0.2, 0) is 0 Å². The van der Waals surface area contributed by atoms with Crippen molar-refractivity contribution in [1.82, 2.24) is 5.32 Å². The molecule has 2 heteroatoms. The fourth-order valence-corrected chi connectivity index (χ4v) is 3.50. The van der Waals surface area contributed by atoms with Crippen LogP contribution in [0.1, 0.15) is 104 Å². The van der Waals surface area contributed by atoms with Gasteiger partial charge in [0, 0.05) is 18.2 Å². The molecule has 0 aliphatic rings. The fourth-order valence-electron chi connectivity index (χ4n) is 3.50. The van der Waals surface area contributed by atoms with E-state index >= 15 is 0 Å². The highest BCUT2D eigenvalue weighted by Gasteiger charge is 2.28. The summed E-state index contributed by atoms with van der Waals surface area (Å²) in [7, 11) is 0. The zero-order valence-electron chi connectivity index (χ0n) is 16.2. The third-order valence-electron chi connectivity index (χ3n) is 5.12. The van der Waals surface area contributed by atoms with E-state index < -0.39 is 0 Å². The van der Waals surface area contributed by atoms with Crippen LogP contribution in [0.15, 0.2) is 12.7 Å². The van der Waals surface area contributed by atoms with Gasteiger partial charge in [-0.3, -0.25) is 0 Å². The molecule has 2 unspecified atom stereocenters. The summed E-state index contributed by atoms with van der Waals surface area (Å²) in [5.74, 6) is 0. The number of aliphatic hydroxyl groups excluding tert-OH is 1. The molecule has 0 amide bonds. The van der Waals surface area contributed by atoms with Crippen LogP contribution in [0, 0.1) is 0 Å². The van der Waals surface area contributed by atoms with Crippen molar-refractivity contribution in [3.05, 3.63) is 12.7 Å². The molecule has 2 atom stereocenters. The van der Waals surface area contributed by atoms with E-state index in [1.165, 1.54) is 64.2 Å². The van der Waals surface area contributed by atoms with Crippen molar-refractivity contribution in [1.29, 1.82) is 0 Å². The first-order chi connectivity index (χ1) is 11.2. The third-order valence-corrected chi connectivity index (χ3v) is 5.12. The van der Waals surface area contributed by atoms with E-state index in [1.54, 1.807) is 0 Å². The van der Waals surface area contributed by atoms with E-state index in [-0.39, 0.29) is 12.1 Å². The quantitative estimate of drug-likeness (QED) is 0.254. The Bertz CT molecular complexity index is 267. The minimum absolute atomic E-state index is 0.0385. The highest BCUT2D eigenvalue weighted by Crippen LogP contribution is 2.24.